The van der Waals surface area contributed by atoms with Crippen molar-refractivity contribution in [3.8, 4) is 0 Å². The average Bonchev–Trinajstić information content (AvgIpc) is 2.85. The molecule has 4 aromatic carbocycles. The molecule has 0 aliphatic heterocycles. The van der Waals surface area contributed by atoms with Gasteiger partial charge in [-0.1, -0.05) is 79.9 Å². The van der Waals surface area contributed by atoms with Crippen LogP contribution in [0.3, 0.4) is 0 Å². The molecule has 0 atom stereocenters. The van der Waals surface area contributed by atoms with Crippen molar-refractivity contribution in [3.05, 3.63) is 117 Å². The van der Waals surface area contributed by atoms with Gasteiger partial charge in [-0.25, -0.2) is 13.2 Å². The van der Waals surface area contributed by atoms with Crippen LogP contribution in [-0.4, -0.2) is 0 Å². The molecule has 4 rings (SSSR count). The molecule has 0 N–H and O–H groups in total. The summed E-state index contributed by atoms with van der Waals surface area (Å²) in [6.07, 6.45) is 6.61. The van der Waals surface area contributed by atoms with Gasteiger partial charge in [0, 0.05) is 5.39 Å². The maximum atomic E-state index is 15.2. The van der Waals surface area contributed by atoms with Crippen molar-refractivity contribution in [2.45, 2.75) is 58.3 Å². The molecule has 4 aromatic rings. The Morgan fingerprint density at radius 3 is 1.97 bits per heavy atom. The first-order chi connectivity index (χ1) is 16.9. The molecule has 0 radical (unpaired) electrons. The molecule has 0 spiro atoms. The van der Waals surface area contributed by atoms with Crippen LogP contribution in [0.1, 0.15) is 54.0 Å². The fourth-order valence-corrected chi connectivity index (χ4v) is 4.63. The number of benzene rings is 4. The first-order valence-corrected chi connectivity index (χ1v) is 12.7. The third-order valence-electron chi connectivity index (χ3n) is 6.63. The SMILES string of the molecule is CCCCCc1ccc(CCc2ccc3c(F)c(CCc4ccc(Cl)c(F)c4)ccc3c2)c(F)c1. The minimum absolute atomic E-state index is 0.0867. The molecular formula is C31H30ClF3. The van der Waals surface area contributed by atoms with Gasteiger partial charge < -0.3 is 0 Å². The van der Waals surface area contributed by atoms with Gasteiger partial charge in [0.15, 0.2) is 0 Å². The van der Waals surface area contributed by atoms with Crippen LogP contribution in [-0.2, 0) is 32.1 Å². The van der Waals surface area contributed by atoms with Crippen molar-refractivity contribution >= 4 is 22.4 Å². The van der Waals surface area contributed by atoms with Gasteiger partial charge in [-0.05, 0) is 89.9 Å². The molecule has 0 unspecified atom stereocenters. The van der Waals surface area contributed by atoms with Crippen LogP contribution >= 0.6 is 11.6 Å². The van der Waals surface area contributed by atoms with Crippen molar-refractivity contribution in [2.75, 3.05) is 0 Å². The van der Waals surface area contributed by atoms with E-state index in [9.17, 15) is 8.78 Å². The average molecular weight is 495 g/mol. The van der Waals surface area contributed by atoms with Crippen molar-refractivity contribution < 1.29 is 13.2 Å². The summed E-state index contributed by atoms with van der Waals surface area (Å²) < 4.78 is 43.4. The third kappa shape index (κ3) is 6.46. The van der Waals surface area contributed by atoms with E-state index < -0.39 is 5.82 Å². The Hall–Kier alpha value is -2.78. The highest BCUT2D eigenvalue weighted by molar-refractivity contribution is 6.30. The van der Waals surface area contributed by atoms with Crippen LogP contribution in [0.5, 0.6) is 0 Å². The summed E-state index contributed by atoms with van der Waals surface area (Å²) in [5.41, 5.74) is 4.19. The molecule has 0 nitrogen and oxygen atoms in total. The highest BCUT2D eigenvalue weighted by Gasteiger charge is 2.10. The number of hydrogen-bond donors (Lipinski definition) is 0. The van der Waals surface area contributed by atoms with Crippen LogP contribution in [0.25, 0.3) is 10.8 Å². The second-order valence-electron chi connectivity index (χ2n) is 9.23. The van der Waals surface area contributed by atoms with E-state index in [1.54, 1.807) is 24.3 Å². The number of unbranched alkanes of at least 4 members (excludes halogenated alkanes) is 2. The Labute approximate surface area is 210 Å². The van der Waals surface area contributed by atoms with Gasteiger partial charge in [-0.3, -0.25) is 0 Å². The van der Waals surface area contributed by atoms with E-state index >= 15 is 4.39 Å². The normalized spacial score (nSPS) is 11.3. The van der Waals surface area contributed by atoms with E-state index in [1.807, 2.05) is 30.3 Å². The summed E-state index contributed by atoms with van der Waals surface area (Å²) in [6.45, 7) is 2.16. The number of halogens is 4. The zero-order valence-corrected chi connectivity index (χ0v) is 20.8. The number of hydrogen-bond acceptors (Lipinski definition) is 0. The van der Waals surface area contributed by atoms with E-state index in [-0.39, 0.29) is 16.7 Å². The molecule has 0 heterocycles. The van der Waals surface area contributed by atoms with E-state index in [0.29, 0.717) is 42.2 Å². The van der Waals surface area contributed by atoms with Crippen molar-refractivity contribution in [2.24, 2.45) is 0 Å². The Kier molecular flexibility index (Phi) is 8.51. The Balaban J connectivity index is 1.41. The fourth-order valence-electron chi connectivity index (χ4n) is 4.52. The Morgan fingerprint density at radius 2 is 1.23 bits per heavy atom. The Morgan fingerprint density at radius 1 is 0.600 bits per heavy atom. The van der Waals surface area contributed by atoms with Gasteiger partial charge in [-0.2, -0.15) is 0 Å². The minimum Gasteiger partial charge on any atom is -0.207 e. The van der Waals surface area contributed by atoms with Gasteiger partial charge >= 0.3 is 0 Å². The number of rotatable bonds is 10. The lowest BCUT2D eigenvalue weighted by Crippen LogP contribution is -1.98. The van der Waals surface area contributed by atoms with E-state index in [0.717, 1.165) is 47.8 Å². The van der Waals surface area contributed by atoms with Crippen LogP contribution in [0.15, 0.2) is 66.7 Å². The quantitative estimate of drug-likeness (QED) is 0.193. The molecule has 182 valence electrons. The summed E-state index contributed by atoms with van der Waals surface area (Å²) in [5, 5.41) is 1.48. The topological polar surface area (TPSA) is 0 Å². The molecule has 0 amide bonds. The molecule has 0 aromatic heterocycles. The summed E-state index contributed by atoms with van der Waals surface area (Å²) in [4.78, 5) is 0. The highest BCUT2D eigenvalue weighted by atomic mass is 35.5. The molecule has 0 aliphatic rings. The van der Waals surface area contributed by atoms with Crippen LogP contribution in [0.2, 0.25) is 5.02 Å². The maximum Gasteiger partial charge on any atom is 0.142 e. The molecule has 0 aliphatic carbocycles. The first-order valence-electron chi connectivity index (χ1n) is 12.4. The van der Waals surface area contributed by atoms with E-state index in [4.69, 9.17) is 11.6 Å². The molecule has 0 saturated carbocycles. The summed E-state index contributed by atoms with van der Waals surface area (Å²) in [7, 11) is 0. The van der Waals surface area contributed by atoms with Gasteiger partial charge in [-0.15, -0.1) is 0 Å². The second kappa shape index (κ2) is 11.8. The standard InChI is InChI=1S/C31H30ClF3/c1-2-3-4-5-21-6-11-24(29(33)19-21)12-7-22-9-16-27-26(18-22)15-14-25(31(27)35)13-8-23-10-17-28(32)30(34)20-23/h6,9-11,14-20H,2-5,7-8,12-13H2,1H3. The lowest BCUT2D eigenvalue weighted by Gasteiger charge is -2.10. The lowest BCUT2D eigenvalue weighted by molar-refractivity contribution is 0.604. The maximum absolute atomic E-state index is 15.2. The van der Waals surface area contributed by atoms with Gasteiger partial charge in [0.1, 0.15) is 17.5 Å². The molecule has 0 saturated heterocycles. The summed E-state index contributed by atoms with van der Waals surface area (Å²) in [5.74, 6) is -0.845. The van der Waals surface area contributed by atoms with Gasteiger partial charge in [0.05, 0.1) is 5.02 Å². The fraction of sp³-hybridized carbons (Fsp3) is 0.290. The van der Waals surface area contributed by atoms with Crippen LogP contribution in [0, 0.1) is 17.5 Å². The summed E-state index contributed by atoms with van der Waals surface area (Å²) >= 11 is 5.74. The predicted octanol–water partition coefficient (Wildman–Crippen LogP) is 9.21. The zero-order valence-electron chi connectivity index (χ0n) is 20.0. The van der Waals surface area contributed by atoms with Gasteiger partial charge in [0.25, 0.3) is 0 Å². The molecule has 35 heavy (non-hydrogen) atoms. The largest absolute Gasteiger partial charge is 0.207 e. The second-order valence-corrected chi connectivity index (χ2v) is 9.63. The first kappa shape index (κ1) is 25.3. The van der Waals surface area contributed by atoms with Crippen molar-refractivity contribution in [3.63, 3.8) is 0 Å². The predicted molar refractivity (Wildman–Crippen MR) is 140 cm³/mol. The Bertz CT molecular complexity index is 1310. The van der Waals surface area contributed by atoms with Crippen molar-refractivity contribution in [1.82, 2.24) is 0 Å². The molecular weight excluding hydrogens is 465 g/mol. The van der Waals surface area contributed by atoms with E-state index in [2.05, 4.69) is 6.92 Å². The van der Waals surface area contributed by atoms with Crippen LogP contribution in [0.4, 0.5) is 13.2 Å². The molecule has 0 fully saturated rings. The van der Waals surface area contributed by atoms with Gasteiger partial charge in [0.2, 0.25) is 0 Å². The molecule has 0 bridgehead atoms. The lowest BCUT2D eigenvalue weighted by atomic mass is 9.96. The third-order valence-corrected chi connectivity index (χ3v) is 6.94. The number of aryl methyl sites for hydroxylation is 5. The van der Waals surface area contributed by atoms with E-state index in [1.165, 1.54) is 12.1 Å². The highest BCUT2D eigenvalue weighted by Crippen LogP contribution is 2.25. The number of fused-ring (bicyclic) bond motifs is 1. The van der Waals surface area contributed by atoms with Crippen molar-refractivity contribution in [1.29, 1.82) is 0 Å². The smallest absolute Gasteiger partial charge is 0.142 e. The summed E-state index contributed by atoms with van der Waals surface area (Å²) in [6, 6.07) is 19.7. The zero-order chi connectivity index (χ0) is 24.8. The van der Waals surface area contributed by atoms with Crippen LogP contribution < -0.4 is 0 Å². The minimum atomic E-state index is -0.460. The molecule has 4 heteroatoms. The monoisotopic (exact) mass is 494 g/mol.